The number of benzene rings is 1. The SMILES string of the molecule is CCOC(=O)C1CCN(C(=O)c2nnn(-c3ccc(F)cc3)c2CSc2nc(C)cc(C)n2)CC1. The second-order valence-electron chi connectivity index (χ2n) is 8.31. The molecule has 11 heteroatoms. The van der Waals surface area contributed by atoms with E-state index in [9.17, 15) is 14.0 Å². The van der Waals surface area contributed by atoms with Gasteiger partial charge in [0.1, 0.15) is 5.82 Å². The van der Waals surface area contributed by atoms with Crippen molar-refractivity contribution in [2.75, 3.05) is 19.7 Å². The van der Waals surface area contributed by atoms with Crippen molar-refractivity contribution < 1.29 is 18.7 Å². The number of hydrogen-bond acceptors (Lipinski definition) is 8. The molecule has 1 aliphatic rings. The average Bonchev–Trinajstić information content (AvgIpc) is 3.26. The summed E-state index contributed by atoms with van der Waals surface area (Å²) in [4.78, 5) is 36.1. The Kier molecular flexibility index (Phi) is 7.74. The van der Waals surface area contributed by atoms with Crippen LogP contribution in [0.4, 0.5) is 4.39 Å². The number of esters is 1. The fourth-order valence-corrected chi connectivity index (χ4v) is 4.95. The summed E-state index contributed by atoms with van der Waals surface area (Å²) in [6.45, 7) is 6.78. The molecule has 0 atom stereocenters. The summed E-state index contributed by atoms with van der Waals surface area (Å²) < 4.78 is 20.2. The van der Waals surface area contributed by atoms with Crippen molar-refractivity contribution in [3.8, 4) is 5.69 Å². The molecule has 0 aliphatic carbocycles. The predicted octanol–water partition coefficient (Wildman–Crippen LogP) is 3.52. The van der Waals surface area contributed by atoms with E-state index in [2.05, 4.69) is 20.3 Å². The van der Waals surface area contributed by atoms with Gasteiger partial charge in [-0.15, -0.1) is 5.10 Å². The third-order valence-electron chi connectivity index (χ3n) is 5.74. The van der Waals surface area contributed by atoms with E-state index >= 15 is 0 Å². The van der Waals surface area contributed by atoms with Crippen molar-refractivity contribution in [1.82, 2.24) is 29.9 Å². The molecule has 0 radical (unpaired) electrons. The highest BCUT2D eigenvalue weighted by molar-refractivity contribution is 7.98. The minimum atomic E-state index is -0.366. The van der Waals surface area contributed by atoms with Crippen LogP contribution in [0.15, 0.2) is 35.5 Å². The van der Waals surface area contributed by atoms with Gasteiger partial charge in [0.05, 0.1) is 23.9 Å². The summed E-state index contributed by atoms with van der Waals surface area (Å²) in [5, 5.41) is 9.00. The maximum Gasteiger partial charge on any atom is 0.309 e. The molecule has 1 amide bonds. The lowest BCUT2D eigenvalue weighted by atomic mass is 9.97. The van der Waals surface area contributed by atoms with E-state index in [1.165, 1.54) is 23.9 Å². The van der Waals surface area contributed by atoms with E-state index in [1.807, 2.05) is 19.9 Å². The van der Waals surface area contributed by atoms with Gasteiger partial charge in [0.15, 0.2) is 10.9 Å². The fourth-order valence-electron chi connectivity index (χ4n) is 4.01. The number of carbonyl (C=O) groups is 2. The molecule has 184 valence electrons. The summed E-state index contributed by atoms with van der Waals surface area (Å²) in [6, 6.07) is 7.74. The van der Waals surface area contributed by atoms with Crippen LogP contribution in [0.25, 0.3) is 5.69 Å². The number of halogens is 1. The van der Waals surface area contributed by atoms with Gasteiger partial charge in [0, 0.05) is 30.2 Å². The van der Waals surface area contributed by atoms with Crippen LogP contribution in [0.5, 0.6) is 0 Å². The zero-order valence-electron chi connectivity index (χ0n) is 19.9. The molecule has 1 saturated heterocycles. The Morgan fingerprint density at radius 2 is 1.77 bits per heavy atom. The van der Waals surface area contributed by atoms with Crippen molar-refractivity contribution in [2.45, 2.75) is 44.5 Å². The van der Waals surface area contributed by atoms with Crippen molar-refractivity contribution in [3.05, 3.63) is 58.9 Å². The molecule has 0 spiro atoms. The third kappa shape index (κ3) is 5.84. The van der Waals surface area contributed by atoms with E-state index in [0.29, 0.717) is 54.8 Å². The number of thioether (sulfide) groups is 1. The van der Waals surface area contributed by atoms with Crippen LogP contribution in [0.1, 0.15) is 47.3 Å². The Bertz CT molecular complexity index is 1190. The number of aromatic nitrogens is 5. The fraction of sp³-hybridized carbons (Fsp3) is 0.417. The number of amides is 1. The van der Waals surface area contributed by atoms with Crippen molar-refractivity contribution >= 4 is 23.6 Å². The number of piperidine rings is 1. The molecule has 0 N–H and O–H groups in total. The topological polar surface area (TPSA) is 103 Å². The van der Waals surface area contributed by atoms with Gasteiger partial charge in [-0.25, -0.2) is 19.0 Å². The number of ether oxygens (including phenoxy) is 1. The molecular weight excluding hydrogens is 471 g/mol. The van der Waals surface area contributed by atoms with Gasteiger partial charge in [0.2, 0.25) is 0 Å². The van der Waals surface area contributed by atoms with Crippen LogP contribution in [0.2, 0.25) is 0 Å². The third-order valence-corrected chi connectivity index (χ3v) is 6.60. The maximum atomic E-state index is 13.5. The summed E-state index contributed by atoms with van der Waals surface area (Å²) in [7, 11) is 0. The smallest absolute Gasteiger partial charge is 0.309 e. The largest absolute Gasteiger partial charge is 0.466 e. The van der Waals surface area contributed by atoms with Gasteiger partial charge in [-0.2, -0.15) is 0 Å². The first-order valence-electron chi connectivity index (χ1n) is 11.5. The van der Waals surface area contributed by atoms with Crippen molar-refractivity contribution in [2.24, 2.45) is 5.92 Å². The zero-order chi connectivity index (χ0) is 24.9. The normalized spacial score (nSPS) is 14.2. The van der Waals surface area contributed by atoms with Crippen LogP contribution in [0.3, 0.4) is 0 Å². The quantitative estimate of drug-likeness (QED) is 0.277. The highest BCUT2D eigenvalue weighted by Gasteiger charge is 2.31. The Morgan fingerprint density at radius 1 is 1.11 bits per heavy atom. The lowest BCUT2D eigenvalue weighted by Gasteiger charge is -2.30. The Hall–Kier alpha value is -3.34. The van der Waals surface area contributed by atoms with E-state index in [-0.39, 0.29) is 29.3 Å². The number of aryl methyl sites for hydroxylation is 2. The van der Waals surface area contributed by atoms with Gasteiger partial charge in [0.25, 0.3) is 5.91 Å². The first-order chi connectivity index (χ1) is 16.9. The molecule has 2 aromatic heterocycles. The summed E-state index contributed by atoms with van der Waals surface area (Å²) in [5.41, 5.74) is 3.09. The zero-order valence-corrected chi connectivity index (χ0v) is 20.7. The second-order valence-corrected chi connectivity index (χ2v) is 9.26. The van der Waals surface area contributed by atoms with E-state index in [4.69, 9.17) is 4.74 Å². The lowest BCUT2D eigenvalue weighted by Crippen LogP contribution is -2.41. The summed E-state index contributed by atoms with van der Waals surface area (Å²) in [5.74, 6) is -0.696. The minimum Gasteiger partial charge on any atom is -0.466 e. The lowest BCUT2D eigenvalue weighted by molar-refractivity contribution is -0.149. The summed E-state index contributed by atoms with van der Waals surface area (Å²) >= 11 is 1.38. The molecule has 9 nitrogen and oxygen atoms in total. The molecule has 1 fully saturated rings. The van der Waals surface area contributed by atoms with Crippen LogP contribution >= 0.6 is 11.8 Å². The molecule has 35 heavy (non-hydrogen) atoms. The number of likely N-dealkylation sites (tertiary alicyclic amines) is 1. The van der Waals surface area contributed by atoms with Crippen LogP contribution in [-0.2, 0) is 15.3 Å². The minimum absolute atomic E-state index is 0.203. The van der Waals surface area contributed by atoms with E-state index in [0.717, 1.165) is 11.4 Å². The Labute approximate surface area is 207 Å². The highest BCUT2D eigenvalue weighted by Crippen LogP contribution is 2.26. The molecule has 0 unspecified atom stereocenters. The molecule has 0 bridgehead atoms. The molecule has 3 aromatic rings. The number of carbonyl (C=O) groups excluding carboxylic acids is 2. The Morgan fingerprint density at radius 3 is 2.40 bits per heavy atom. The molecule has 4 rings (SSSR count). The highest BCUT2D eigenvalue weighted by atomic mass is 32.2. The summed E-state index contributed by atoms with van der Waals surface area (Å²) in [6.07, 6.45) is 1.08. The number of hydrogen-bond donors (Lipinski definition) is 0. The molecular formula is C24H27FN6O3S. The first-order valence-corrected chi connectivity index (χ1v) is 12.5. The van der Waals surface area contributed by atoms with E-state index in [1.54, 1.807) is 28.6 Å². The van der Waals surface area contributed by atoms with Crippen LogP contribution in [0, 0.1) is 25.6 Å². The van der Waals surface area contributed by atoms with Gasteiger partial charge in [-0.05, 0) is 63.9 Å². The molecule has 0 saturated carbocycles. The van der Waals surface area contributed by atoms with Crippen molar-refractivity contribution in [1.29, 1.82) is 0 Å². The van der Waals surface area contributed by atoms with Gasteiger partial charge in [-0.1, -0.05) is 17.0 Å². The predicted molar refractivity (Wildman–Crippen MR) is 128 cm³/mol. The van der Waals surface area contributed by atoms with Gasteiger partial charge in [-0.3, -0.25) is 9.59 Å². The molecule has 1 aromatic carbocycles. The van der Waals surface area contributed by atoms with Gasteiger partial charge >= 0.3 is 5.97 Å². The first kappa shape index (κ1) is 24.8. The van der Waals surface area contributed by atoms with Crippen molar-refractivity contribution in [3.63, 3.8) is 0 Å². The van der Waals surface area contributed by atoms with Crippen LogP contribution in [-0.4, -0.2) is 61.4 Å². The number of rotatable bonds is 7. The maximum absolute atomic E-state index is 13.5. The average molecular weight is 499 g/mol. The van der Waals surface area contributed by atoms with E-state index < -0.39 is 0 Å². The molecule has 1 aliphatic heterocycles. The number of nitrogens with zero attached hydrogens (tertiary/aromatic N) is 6. The molecule has 3 heterocycles. The van der Waals surface area contributed by atoms with Crippen LogP contribution < -0.4 is 0 Å². The second kappa shape index (κ2) is 10.9. The Balaban J connectivity index is 1.58. The van der Waals surface area contributed by atoms with Gasteiger partial charge < -0.3 is 9.64 Å². The monoisotopic (exact) mass is 498 g/mol. The standard InChI is InChI=1S/C24H27FN6O3S/c1-4-34-23(33)17-9-11-30(12-10-17)22(32)21-20(14-35-24-26-15(2)13-16(3)27-24)31(29-28-21)19-7-5-18(25)6-8-19/h5-8,13,17H,4,9-12,14H2,1-3H3.